The van der Waals surface area contributed by atoms with Crippen molar-refractivity contribution in [2.24, 2.45) is 0 Å². The van der Waals surface area contributed by atoms with Crippen molar-refractivity contribution in [2.75, 3.05) is 23.9 Å². The molecule has 8 heteroatoms. The summed E-state index contributed by atoms with van der Waals surface area (Å²) in [6.45, 7) is 0.220. The Morgan fingerprint density at radius 1 is 1.47 bits per heavy atom. The second kappa shape index (κ2) is 4.28. The van der Waals surface area contributed by atoms with E-state index in [4.69, 9.17) is 0 Å². The first-order valence-electron chi connectivity index (χ1n) is 4.87. The van der Waals surface area contributed by atoms with E-state index in [9.17, 15) is 12.8 Å². The second-order valence-electron chi connectivity index (χ2n) is 3.64. The third kappa shape index (κ3) is 3.13. The van der Waals surface area contributed by atoms with Crippen LogP contribution in [0.15, 0.2) is 18.3 Å². The average molecular weight is 258 g/mol. The van der Waals surface area contributed by atoms with Crippen LogP contribution in [0.4, 0.5) is 10.3 Å². The fourth-order valence-corrected chi connectivity index (χ4v) is 1.75. The van der Waals surface area contributed by atoms with Gasteiger partial charge in [0.25, 0.3) is 0 Å². The lowest BCUT2D eigenvalue weighted by molar-refractivity contribution is 0.602. The molecule has 0 unspecified atom stereocenters. The van der Waals surface area contributed by atoms with E-state index < -0.39 is 15.7 Å². The van der Waals surface area contributed by atoms with Crippen molar-refractivity contribution in [3.8, 4) is 0 Å². The number of nitrogens with one attached hydrogen (secondary N) is 1. The molecule has 0 aliphatic rings. The van der Waals surface area contributed by atoms with Gasteiger partial charge in [-0.3, -0.25) is 0 Å². The van der Waals surface area contributed by atoms with Crippen molar-refractivity contribution >= 4 is 21.4 Å². The molecular formula is C9H11FN4O2S. The van der Waals surface area contributed by atoms with E-state index in [2.05, 4.69) is 15.4 Å². The molecule has 0 saturated carbocycles. The Morgan fingerprint density at radius 2 is 2.24 bits per heavy atom. The van der Waals surface area contributed by atoms with Crippen LogP contribution in [0.1, 0.15) is 0 Å². The highest BCUT2D eigenvalue weighted by Crippen LogP contribution is 2.06. The Balaban J connectivity index is 2.09. The standard InChI is InChI=1S/C9H11FN4O2S/c1-17(15,16)5-4-11-9-12-8-3-2-7(10)6-14(8)13-9/h2-3,6H,4-5H2,1H3,(H,11,13). The SMILES string of the molecule is CS(=O)(=O)CCNc1nc2ccc(F)cn2n1. The monoisotopic (exact) mass is 258 g/mol. The van der Waals surface area contributed by atoms with Gasteiger partial charge in [0.05, 0.1) is 11.9 Å². The highest BCUT2D eigenvalue weighted by molar-refractivity contribution is 7.90. The smallest absolute Gasteiger partial charge is 0.243 e. The van der Waals surface area contributed by atoms with Gasteiger partial charge < -0.3 is 5.32 Å². The molecule has 0 aliphatic heterocycles. The molecular weight excluding hydrogens is 247 g/mol. The maximum Gasteiger partial charge on any atom is 0.243 e. The van der Waals surface area contributed by atoms with Gasteiger partial charge in [-0.15, -0.1) is 5.10 Å². The number of aromatic nitrogens is 3. The number of pyridine rings is 1. The molecule has 2 heterocycles. The third-order valence-electron chi connectivity index (χ3n) is 2.05. The number of hydrogen-bond acceptors (Lipinski definition) is 5. The summed E-state index contributed by atoms with van der Waals surface area (Å²) in [6.07, 6.45) is 2.35. The summed E-state index contributed by atoms with van der Waals surface area (Å²) in [5, 5.41) is 6.72. The first-order valence-corrected chi connectivity index (χ1v) is 6.94. The predicted molar refractivity (Wildman–Crippen MR) is 61.1 cm³/mol. The molecule has 0 aromatic carbocycles. The quantitative estimate of drug-likeness (QED) is 0.855. The van der Waals surface area contributed by atoms with Gasteiger partial charge >= 0.3 is 0 Å². The highest BCUT2D eigenvalue weighted by atomic mass is 32.2. The molecule has 0 aliphatic carbocycles. The Hall–Kier alpha value is -1.70. The van der Waals surface area contributed by atoms with E-state index in [-0.39, 0.29) is 18.2 Å². The van der Waals surface area contributed by atoms with Crippen LogP contribution >= 0.6 is 0 Å². The van der Waals surface area contributed by atoms with Gasteiger partial charge in [0.1, 0.15) is 15.7 Å². The van der Waals surface area contributed by atoms with Crippen molar-refractivity contribution in [3.05, 3.63) is 24.1 Å². The number of fused-ring (bicyclic) bond motifs is 1. The summed E-state index contributed by atoms with van der Waals surface area (Å²) in [4.78, 5) is 4.05. The topological polar surface area (TPSA) is 76.4 Å². The summed E-state index contributed by atoms with van der Waals surface area (Å²) in [6, 6.07) is 2.77. The zero-order chi connectivity index (χ0) is 12.5. The van der Waals surface area contributed by atoms with Crippen LogP contribution in [0, 0.1) is 5.82 Å². The number of anilines is 1. The van der Waals surface area contributed by atoms with Crippen LogP contribution in [0.3, 0.4) is 0 Å². The van der Waals surface area contributed by atoms with Gasteiger partial charge in [0, 0.05) is 12.8 Å². The van der Waals surface area contributed by atoms with Gasteiger partial charge in [-0.2, -0.15) is 4.98 Å². The molecule has 0 saturated heterocycles. The second-order valence-corrected chi connectivity index (χ2v) is 5.90. The molecule has 0 atom stereocenters. The van der Waals surface area contributed by atoms with Crippen molar-refractivity contribution in [1.82, 2.24) is 14.6 Å². The number of halogens is 1. The zero-order valence-corrected chi connectivity index (χ0v) is 9.91. The molecule has 6 nitrogen and oxygen atoms in total. The van der Waals surface area contributed by atoms with E-state index in [0.29, 0.717) is 5.65 Å². The number of hydrogen-bond donors (Lipinski definition) is 1. The number of nitrogens with zero attached hydrogens (tertiary/aromatic N) is 3. The lowest BCUT2D eigenvalue weighted by Gasteiger charge is -1.98. The van der Waals surface area contributed by atoms with E-state index in [1.54, 1.807) is 0 Å². The summed E-state index contributed by atoms with van der Waals surface area (Å²) in [5.74, 6) is -0.138. The van der Waals surface area contributed by atoms with E-state index >= 15 is 0 Å². The fourth-order valence-electron chi connectivity index (χ4n) is 1.28. The molecule has 2 rings (SSSR count). The maximum absolute atomic E-state index is 12.9. The van der Waals surface area contributed by atoms with Gasteiger partial charge in [-0.05, 0) is 12.1 Å². The lowest BCUT2D eigenvalue weighted by atomic mass is 10.5. The maximum atomic E-state index is 12.9. The zero-order valence-electron chi connectivity index (χ0n) is 9.09. The van der Waals surface area contributed by atoms with Gasteiger partial charge in [0.2, 0.25) is 5.95 Å². The fraction of sp³-hybridized carbons (Fsp3) is 0.333. The molecule has 0 radical (unpaired) electrons. The van der Waals surface area contributed by atoms with Gasteiger partial charge in [-0.1, -0.05) is 0 Å². The van der Waals surface area contributed by atoms with Crippen LogP contribution in [-0.4, -0.2) is 41.6 Å². The molecule has 0 fully saturated rings. The van der Waals surface area contributed by atoms with Crippen molar-refractivity contribution in [2.45, 2.75) is 0 Å². The number of sulfone groups is 1. The Morgan fingerprint density at radius 3 is 2.94 bits per heavy atom. The van der Waals surface area contributed by atoms with Crippen LogP contribution in [0.25, 0.3) is 5.65 Å². The van der Waals surface area contributed by atoms with Crippen LogP contribution in [0.5, 0.6) is 0 Å². The lowest BCUT2D eigenvalue weighted by Crippen LogP contribution is -2.14. The third-order valence-corrected chi connectivity index (χ3v) is 3.00. The molecule has 1 N–H and O–H groups in total. The summed E-state index contributed by atoms with van der Waals surface area (Å²) in [5.41, 5.74) is 0.494. The molecule has 0 bridgehead atoms. The molecule has 92 valence electrons. The molecule has 2 aromatic heterocycles. The Labute approximate surface area is 97.4 Å². The minimum absolute atomic E-state index is 0.00306. The average Bonchev–Trinajstić information content (AvgIpc) is 2.57. The van der Waals surface area contributed by atoms with Crippen molar-refractivity contribution in [1.29, 1.82) is 0 Å². The highest BCUT2D eigenvalue weighted by Gasteiger charge is 2.05. The normalized spacial score (nSPS) is 11.9. The minimum atomic E-state index is -3.02. The van der Waals surface area contributed by atoms with E-state index in [1.165, 1.54) is 22.8 Å². The van der Waals surface area contributed by atoms with Crippen LogP contribution < -0.4 is 5.32 Å². The summed E-state index contributed by atoms with van der Waals surface area (Å²) >= 11 is 0. The molecule has 2 aromatic rings. The first kappa shape index (κ1) is 11.8. The molecule has 17 heavy (non-hydrogen) atoms. The first-order chi connectivity index (χ1) is 7.94. The van der Waals surface area contributed by atoms with Crippen molar-refractivity contribution < 1.29 is 12.8 Å². The van der Waals surface area contributed by atoms with Crippen molar-refractivity contribution in [3.63, 3.8) is 0 Å². The van der Waals surface area contributed by atoms with E-state index in [0.717, 1.165) is 6.26 Å². The minimum Gasteiger partial charge on any atom is -0.352 e. The van der Waals surface area contributed by atoms with E-state index in [1.807, 2.05) is 0 Å². The predicted octanol–water partition coefficient (Wildman–Crippen LogP) is 0.325. The van der Waals surface area contributed by atoms with Gasteiger partial charge in [-0.25, -0.2) is 17.3 Å². The Kier molecular flexibility index (Phi) is 2.97. The van der Waals surface area contributed by atoms with Gasteiger partial charge in [0.15, 0.2) is 5.65 Å². The van der Waals surface area contributed by atoms with Crippen LogP contribution in [0.2, 0.25) is 0 Å². The largest absolute Gasteiger partial charge is 0.352 e. The summed E-state index contributed by atoms with van der Waals surface area (Å²) in [7, 11) is -3.02. The Bertz CT molecular complexity index is 637. The molecule has 0 amide bonds. The molecule has 0 spiro atoms. The summed E-state index contributed by atoms with van der Waals surface area (Å²) < 4.78 is 36.0. The number of rotatable bonds is 4. The van der Waals surface area contributed by atoms with Crippen LogP contribution in [-0.2, 0) is 9.84 Å².